The van der Waals surface area contributed by atoms with Gasteiger partial charge < -0.3 is 10.1 Å². The Hall–Kier alpha value is -4.51. The number of amides is 2. The van der Waals surface area contributed by atoms with Crippen LogP contribution in [0.3, 0.4) is 0 Å². The number of nitrogens with one attached hydrogen (secondary N) is 1. The monoisotopic (exact) mass is 632 g/mol. The topological polar surface area (TPSA) is 76.5 Å². The van der Waals surface area contributed by atoms with Gasteiger partial charge in [-0.3, -0.25) is 14.5 Å². The molecule has 1 N–H and O–H groups in total. The minimum atomic E-state index is -4.75. The SMILES string of the molecule is CCCc1ccc(C)cc1N1C(=O)CS/C1=C\C(=O)NC1(c2ccc(-c3ccn(-c4ccc(OC(F)(F)F)cc4)n3)cc2)CC1. The van der Waals surface area contributed by atoms with E-state index in [-0.39, 0.29) is 17.6 Å². The summed E-state index contributed by atoms with van der Waals surface area (Å²) in [6, 6.07) is 21.2. The van der Waals surface area contributed by atoms with Gasteiger partial charge in [0.1, 0.15) is 5.75 Å². The molecule has 1 saturated heterocycles. The van der Waals surface area contributed by atoms with Crippen LogP contribution < -0.4 is 15.0 Å². The summed E-state index contributed by atoms with van der Waals surface area (Å²) >= 11 is 1.38. The lowest BCUT2D eigenvalue weighted by atomic mass is 10.0. The maximum Gasteiger partial charge on any atom is 0.573 e. The Bertz CT molecular complexity index is 1760. The Balaban J connectivity index is 1.15. The summed E-state index contributed by atoms with van der Waals surface area (Å²) < 4.78 is 42.9. The summed E-state index contributed by atoms with van der Waals surface area (Å²) in [5, 5.41) is 8.39. The van der Waals surface area contributed by atoms with Crippen LogP contribution in [0.15, 0.2) is 90.1 Å². The second-order valence-corrected chi connectivity index (χ2v) is 12.2. The van der Waals surface area contributed by atoms with Gasteiger partial charge in [-0.15, -0.1) is 13.2 Å². The van der Waals surface area contributed by atoms with Gasteiger partial charge in [-0.2, -0.15) is 5.10 Å². The van der Waals surface area contributed by atoms with Gasteiger partial charge >= 0.3 is 6.36 Å². The van der Waals surface area contributed by atoms with E-state index in [1.165, 1.54) is 42.1 Å². The van der Waals surface area contributed by atoms with Crippen molar-refractivity contribution in [1.29, 1.82) is 0 Å². The van der Waals surface area contributed by atoms with Crippen molar-refractivity contribution in [3.05, 3.63) is 107 Å². The van der Waals surface area contributed by atoms with Gasteiger partial charge in [0.05, 0.1) is 33.4 Å². The quantitative estimate of drug-likeness (QED) is 0.194. The molecular weight excluding hydrogens is 601 g/mol. The molecule has 1 saturated carbocycles. The van der Waals surface area contributed by atoms with Crippen LogP contribution in [0.1, 0.15) is 42.9 Å². The van der Waals surface area contributed by atoms with Gasteiger partial charge in [0.25, 0.3) is 0 Å². The van der Waals surface area contributed by atoms with Crippen LogP contribution in [-0.2, 0) is 21.5 Å². The number of ether oxygens (including phenoxy) is 1. The fourth-order valence-electron chi connectivity index (χ4n) is 5.49. The zero-order chi connectivity index (χ0) is 31.8. The number of aromatic nitrogens is 2. The van der Waals surface area contributed by atoms with E-state index in [1.54, 1.807) is 15.8 Å². The van der Waals surface area contributed by atoms with Gasteiger partial charge in [0.2, 0.25) is 11.8 Å². The molecule has 232 valence electrons. The zero-order valence-electron chi connectivity index (χ0n) is 24.7. The molecule has 0 radical (unpaired) electrons. The fourth-order valence-corrected chi connectivity index (χ4v) is 6.41. The van der Waals surface area contributed by atoms with Crippen molar-refractivity contribution in [2.45, 2.75) is 51.4 Å². The molecule has 2 aliphatic rings. The lowest BCUT2D eigenvalue weighted by molar-refractivity contribution is -0.274. The lowest BCUT2D eigenvalue weighted by Crippen LogP contribution is -2.34. The van der Waals surface area contributed by atoms with Crippen LogP contribution in [0.25, 0.3) is 16.9 Å². The minimum Gasteiger partial charge on any atom is -0.406 e. The van der Waals surface area contributed by atoms with Crippen LogP contribution in [0, 0.1) is 6.92 Å². The molecular formula is C34H31F3N4O3S. The number of alkyl halides is 3. The van der Waals surface area contributed by atoms with Crippen molar-refractivity contribution >= 4 is 29.3 Å². The summed E-state index contributed by atoms with van der Waals surface area (Å²) in [4.78, 5) is 27.9. The highest BCUT2D eigenvalue weighted by molar-refractivity contribution is 8.04. The summed E-state index contributed by atoms with van der Waals surface area (Å²) in [5.41, 5.74) is 5.63. The average Bonchev–Trinajstić information content (AvgIpc) is 3.44. The highest BCUT2D eigenvalue weighted by Gasteiger charge is 2.45. The molecule has 1 aromatic heterocycles. The number of aryl methyl sites for hydroxylation is 2. The highest BCUT2D eigenvalue weighted by Crippen LogP contribution is 2.46. The van der Waals surface area contributed by atoms with Crippen molar-refractivity contribution in [2.24, 2.45) is 0 Å². The maximum absolute atomic E-state index is 13.3. The van der Waals surface area contributed by atoms with Crippen LogP contribution in [0.2, 0.25) is 0 Å². The molecule has 6 rings (SSSR count). The van der Waals surface area contributed by atoms with Crippen LogP contribution in [0.5, 0.6) is 5.75 Å². The van der Waals surface area contributed by atoms with E-state index in [0.717, 1.165) is 53.6 Å². The summed E-state index contributed by atoms with van der Waals surface area (Å²) in [7, 11) is 0. The Morgan fingerprint density at radius 2 is 1.80 bits per heavy atom. The molecule has 0 spiro atoms. The third-order valence-corrected chi connectivity index (χ3v) is 8.83. The number of carbonyl (C=O) groups is 2. The Kier molecular flexibility index (Phi) is 8.22. The molecule has 4 aromatic rings. The molecule has 0 bridgehead atoms. The van der Waals surface area contributed by atoms with Crippen molar-refractivity contribution in [3.8, 4) is 22.7 Å². The lowest BCUT2D eigenvalue weighted by Gasteiger charge is -2.22. The number of hydrogen-bond acceptors (Lipinski definition) is 5. The molecule has 1 aliphatic heterocycles. The van der Waals surface area contributed by atoms with E-state index in [9.17, 15) is 22.8 Å². The fraction of sp³-hybridized carbons (Fsp3) is 0.265. The van der Waals surface area contributed by atoms with E-state index in [4.69, 9.17) is 0 Å². The summed E-state index contributed by atoms with van der Waals surface area (Å²) in [5.74, 6) is -0.284. The molecule has 2 fully saturated rings. The number of rotatable bonds is 9. The Morgan fingerprint density at radius 1 is 1.07 bits per heavy atom. The van der Waals surface area contributed by atoms with Gasteiger partial charge in [0, 0.05) is 17.8 Å². The van der Waals surface area contributed by atoms with E-state index in [1.807, 2.05) is 49.4 Å². The third-order valence-electron chi connectivity index (χ3n) is 7.84. The summed E-state index contributed by atoms with van der Waals surface area (Å²) in [6.07, 6.45) is 1.92. The standard InChI is InChI=1S/C34H31F3N4O3S/c1-3-4-24-6-5-22(2)19-29(24)41-31(43)21-45-32(41)20-30(42)38-33(16-17-33)25-9-7-23(8-10-25)28-15-18-40(39-28)26-11-13-27(14-12-26)44-34(35,36)37/h5-15,18-20H,3-4,16-17,21H2,1-2H3,(H,38,42)/b32-20-. The number of nitrogens with zero attached hydrogens (tertiary/aromatic N) is 3. The maximum atomic E-state index is 13.3. The largest absolute Gasteiger partial charge is 0.573 e. The Labute approximate surface area is 263 Å². The molecule has 11 heteroatoms. The number of anilines is 1. The average molecular weight is 633 g/mol. The number of thioether (sulfide) groups is 1. The van der Waals surface area contributed by atoms with E-state index < -0.39 is 11.9 Å². The van der Waals surface area contributed by atoms with Crippen molar-refractivity contribution in [1.82, 2.24) is 15.1 Å². The molecule has 0 unspecified atom stereocenters. The molecule has 2 heterocycles. The third kappa shape index (κ3) is 6.78. The second-order valence-electron chi connectivity index (χ2n) is 11.2. The number of hydrogen-bond donors (Lipinski definition) is 1. The molecule has 2 amide bonds. The molecule has 3 aromatic carbocycles. The van der Waals surface area contributed by atoms with Gasteiger partial charge in [-0.1, -0.05) is 61.5 Å². The predicted octanol–water partition coefficient (Wildman–Crippen LogP) is 7.43. The number of halogens is 3. The first-order chi connectivity index (χ1) is 21.5. The summed E-state index contributed by atoms with van der Waals surface area (Å²) in [6.45, 7) is 4.10. The van der Waals surface area contributed by atoms with E-state index in [0.29, 0.717) is 22.2 Å². The number of carbonyl (C=O) groups excluding carboxylic acids is 2. The highest BCUT2D eigenvalue weighted by atomic mass is 32.2. The normalized spacial score (nSPS) is 16.7. The van der Waals surface area contributed by atoms with E-state index >= 15 is 0 Å². The molecule has 7 nitrogen and oxygen atoms in total. The first kappa shape index (κ1) is 30.5. The van der Waals surface area contributed by atoms with E-state index in [2.05, 4.69) is 28.1 Å². The van der Waals surface area contributed by atoms with Crippen LogP contribution in [0.4, 0.5) is 18.9 Å². The molecule has 45 heavy (non-hydrogen) atoms. The number of benzene rings is 3. The van der Waals surface area contributed by atoms with Crippen LogP contribution >= 0.6 is 11.8 Å². The van der Waals surface area contributed by atoms with Gasteiger partial charge in [0.15, 0.2) is 0 Å². The second kappa shape index (κ2) is 12.1. The first-order valence-electron chi connectivity index (χ1n) is 14.7. The minimum absolute atomic E-state index is 0.0337. The van der Waals surface area contributed by atoms with Crippen molar-refractivity contribution in [3.63, 3.8) is 0 Å². The van der Waals surface area contributed by atoms with Crippen molar-refractivity contribution < 1.29 is 27.5 Å². The zero-order valence-corrected chi connectivity index (χ0v) is 25.5. The van der Waals surface area contributed by atoms with Crippen LogP contribution in [-0.4, -0.2) is 33.7 Å². The van der Waals surface area contributed by atoms with Gasteiger partial charge in [-0.05, 0) is 79.3 Å². The van der Waals surface area contributed by atoms with Crippen molar-refractivity contribution in [2.75, 3.05) is 10.7 Å². The molecule has 0 atom stereocenters. The first-order valence-corrected chi connectivity index (χ1v) is 15.6. The molecule has 1 aliphatic carbocycles. The predicted molar refractivity (Wildman–Crippen MR) is 168 cm³/mol. The smallest absolute Gasteiger partial charge is 0.406 e. The van der Waals surface area contributed by atoms with Gasteiger partial charge in [-0.25, -0.2) is 4.68 Å². The Morgan fingerprint density at radius 3 is 2.47 bits per heavy atom.